The summed E-state index contributed by atoms with van der Waals surface area (Å²) >= 11 is 1.53. The zero-order valence-electron chi connectivity index (χ0n) is 25.3. The standard InChI is InChI=1S/C32H37O7SSi/c1-32(2,3)27-22(35-5)14-13-21(29(27)39-41(9)10)31-26(20-12-11-19(34-4)17-25(20)40-31)28(33)18-15-23(36-6)30(38-8)24(16-18)37-7/h11-17H,1-10H3. The molecule has 4 aromatic rings. The fraction of sp³-hybridized carbons (Fsp3) is 0.344. The number of hydrogen-bond acceptors (Lipinski definition) is 8. The van der Waals surface area contributed by atoms with E-state index in [0.29, 0.717) is 34.1 Å². The van der Waals surface area contributed by atoms with Gasteiger partial charge in [0.05, 0.1) is 40.4 Å². The van der Waals surface area contributed by atoms with E-state index in [2.05, 4.69) is 33.9 Å². The van der Waals surface area contributed by atoms with Gasteiger partial charge in [-0.3, -0.25) is 4.79 Å². The first-order valence-corrected chi connectivity index (χ1v) is 16.4. The lowest BCUT2D eigenvalue weighted by molar-refractivity contribution is 0.104. The van der Waals surface area contributed by atoms with Crippen molar-refractivity contribution in [2.75, 3.05) is 35.5 Å². The van der Waals surface area contributed by atoms with Crippen LogP contribution >= 0.6 is 11.3 Å². The summed E-state index contributed by atoms with van der Waals surface area (Å²) in [5, 5.41) is 0.821. The maximum atomic E-state index is 14.5. The van der Waals surface area contributed by atoms with Crippen molar-refractivity contribution in [3.05, 3.63) is 59.2 Å². The topological polar surface area (TPSA) is 72.5 Å². The molecule has 0 spiro atoms. The van der Waals surface area contributed by atoms with Crippen molar-refractivity contribution < 1.29 is 32.9 Å². The highest BCUT2D eigenvalue weighted by Gasteiger charge is 2.31. The number of carbonyl (C=O) groups is 1. The van der Waals surface area contributed by atoms with Crippen molar-refractivity contribution in [3.8, 4) is 44.9 Å². The first kappa shape index (κ1) is 30.3. The predicted molar refractivity (Wildman–Crippen MR) is 167 cm³/mol. The Labute approximate surface area is 247 Å². The zero-order valence-corrected chi connectivity index (χ0v) is 27.1. The molecule has 0 saturated heterocycles. The number of ketones is 1. The van der Waals surface area contributed by atoms with Crippen molar-refractivity contribution in [1.82, 2.24) is 0 Å². The number of rotatable bonds is 10. The van der Waals surface area contributed by atoms with Crippen LogP contribution < -0.4 is 28.1 Å². The van der Waals surface area contributed by atoms with Crippen LogP contribution in [0.4, 0.5) is 0 Å². The molecule has 3 aromatic carbocycles. The number of fused-ring (bicyclic) bond motifs is 1. The van der Waals surface area contributed by atoms with Crippen LogP contribution in [0.25, 0.3) is 20.5 Å². The van der Waals surface area contributed by atoms with Gasteiger partial charge in [-0.05, 0) is 61.0 Å². The van der Waals surface area contributed by atoms with E-state index in [1.807, 2.05) is 30.3 Å². The molecule has 1 radical (unpaired) electrons. The van der Waals surface area contributed by atoms with Gasteiger partial charge >= 0.3 is 0 Å². The average Bonchev–Trinajstić information content (AvgIpc) is 3.32. The van der Waals surface area contributed by atoms with E-state index >= 15 is 0 Å². The maximum Gasteiger partial charge on any atom is 0.274 e. The number of carbonyl (C=O) groups excluding carboxylic acids is 1. The third-order valence-electron chi connectivity index (χ3n) is 6.69. The highest BCUT2D eigenvalue weighted by atomic mass is 32.1. The van der Waals surface area contributed by atoms with E-state index in [1.54, 1.807) is 26.4 Å². The van der Waals surface area contributed by atoms with Crippen LogP contribution in [0.1, 0.15) is 42.3 Å². The predicted octanol–water partition coefficient (Wildman–Crippen LogP) is 7.77. The molecule has 0 atom stereocenters. The van der Waals surface area contributed by atoms with Crippen molar-refractivity contribution in [3.63, 3.8) is 0 Å². The number of hydrogen-bond donors (Lipinski definition) is 0. The fourth-order valence-corrected chi connectivity index (χ4v) is 6.78. The molecule has 0 aliphatic rings. The molecule has 1 aromatic heterocycles. The highest BCUT2D eigenvalue weighted by Crippen LogP contribution is 2.50. The van der Waals surface area contributed by atoms with Crippen molar-refractivity contribution in [2.45, 2.75) is 39.3 Å². The van der Waals surface area contributed by atoms with Gasteiger partial charge in [0.15, 0.2) is 17.3 Å². The normalized spacial score (nSPS) is 11.5. The van der Waals surface area contributed by atoms with Crippen LogP contribution in [0.2, 0.25) is 13.1 Å². The van der Waals surface area contributed by atoms with Crippen LogP contribution in [0, 0.1) is 0 Å². The van der Waals surface area contributed by atoms with E-state index in [1.165, 1.54) is 32.7 Å². The van der Waals surface area contributed by atoms with Gasteiger partial charge < -0.3 is 28.1 Å². The van der Waals surface area contributed by atoms with Crippen LogP contribution in [-0.4, -0.2) is 50.4 Å². The first-order chi connectivity index (χ1) is 19.5. The van der Waals surface area contributed by atoms with E-state index in [9.17, 15) is 4.79 Å². The molecule has 9 heteroatoms. The molecule has 0 N–H and O–H groups in total. The summed E-state index contributed by atoms with van der Waals surface area (Å²) in [6.45, 7) is 10.6. The molecule has 0 fully saturated rings. The SMILES string of the molecule is COc1ccc2c(C(=O)c3cc(OC)c(OC)c(OC)c3)c(-c3ccc(OC)c(C(C)(C)C)c3O[Si](C)C)sc2c1. The molecule has 0 unspecified atom stereocenters. The Balaban J connectivity index is 2.09. The van der Waals surface area contributed by atoms with Crippen molar-refractivity contribution >= 4 is 36.2 Å². The zero-order chi connectivity index (χ0) is 30.1. The van der Waals surface area contributed by atoms with Crippen LogP contribution in [0.15, 0.2) is 42.5 Å². The van der Waals surface area contributed by atoms with Gasteiger partial charge in [0.2, 0.25) is 5.75 Å². The van der Waals surface area contributed by atoms with E-state index in [4.69, 9.17) is 28.1 Å². The molecule has 41 heavy (non-hydrogen) atoms. The van der Waals surface area contributed by atoms with Gasteiger partial charge in [0, 0.05) is 32.3 Å². The van der Waals surface area contributed by atoms with Gasteiger partial charge in [0.25, 0.3) is 9.04 Å². The summed E-state index contributed by atoms with van der Waals surface area (Å²) < 4.78 is 35.5. The second kappa shape index (κ2) is 12.0. The summed E-state index contributed by atoms with van der Waals surface area (Å²) in [4.78, 5) is 15.3. The minimum Gasteiger partial charge on any atom is -0.542 e. The Morgan fingerprint density at radius 1 is 0.756 bits per heavy atom. The van der Waals surface area contributed by atoms with Gasteiger partial charge in [-0.2, -0.15) is 0 Å². The van der Waals surface area contributed by atoms with Crippen molar-refractivity contribution in [2.24, 2.45) is 0 Å². The quantitative estimate of drug-likeness (QED) is 0.137. The Hall–Kier alpha value is -3.69. The smallest absolute Gasteiger partial charge is 0.274 e. The summed E-state index contributed by atoms with van der Waals surface area (Å²) in [5.41, 5.74) is 2.51. The second-order valence-corrected chi connectivity index (χ2v) is 13.8. The second-order valence-electron chi connectivity index (χ2n) is 10.7. The van der Waals surface area contributed by atoms with E-state index < -0.39 is 9.04 Å². The summed E-state index contributed by atoms with van der Waals surface area (Å²) in [5.74, 6) is 3.27. The Kier molecular flexibility index (Phi) is 8.89. The van der Waals surface area contributed by atoms with Gasteiger partial charge in [-0.15, -0.1) is 11.3 Å². The molecular weight excluding hydrogens is 556 g/mol. The lowest BCUT2D eigenvalue weighted by atomic mass is 9.83. The summed E-state index contributed by atoms with van der Waals surface area (Å²) in [6, 6.07) is 13.1. The Morgan fingerprint density at radius 2 is 1.39 bits per heavy atom. The molecule has 1 heterocycles. The number of methoxy groups -OCH3 is 5. The molecule has 0 amide bonds. The minimum absolute atomic E-state index is 0.173. The first-order valence-electron chi connectivity index (χ1n) is 13.1. The molecule has 0 saturated carbocycles. The summed E-state index contributed by atoms with van der Waals surface area (Å²) in [6.07, 6.45) is 0. The fourth-order valence-electron chi connectivity index (χ4n) is 4.91. The van der Waals surface area contributed by atoms with Gasteiger partial charge in [-0.25, -0.2) is 0 Å². The minimum atomic E-state index is -1.17. The van der Waals surface area contributed by atoms with Crippen LogP contribution in [0.3, 0.4) is 0 Å². The number of benzene rings is 3. The largest absolute Gasteiger partial charge is 0.542 e. The molecule has 0 bridgehead atoms. The van der Waals surface area contributed by atoms with Gasteiger partial charge in [0.1, 0.15) is 17.2 Å². The molecular formula is C32H37O7SSi. The number of thiophene rings is 1. The molecule has 0 aliphatic carbocycles. The lowest BCUT2D eigenvalue weighted by Gasteiger charge is -2.28. The average molecular weight is 594 g/mol. The van der Waals surface area contributed by atoms with Crippen molar-refractivity contribution in [1.29, 1.82) is 0 Å². The molecule has 4 rings (SSSR count). The summed E-state index contributed by atoms with van der Waals surface area (Å²) in [7, 11) is 6.73. The lowest BCUT2D eigenvalue weighted by Crippen LogP contribution is -2.20. The highest BCUT2D eigenvalue weighted by molar-refractivity contribution is 7.22. The van der Waals surface area contributed by atoms with Crippen LogP contribution in [-0.2, 0) is 5.41 Å². The monoisotopic (exact) mass is 593 g/mol. The molecule has 0 aliphatic heterocycles. The van der Waals surface area contributed by atoms with Crippen LogP contribution in [0.5, 0.6) is 34.5 Å². The van der Waals surface area contributed by atoms with E-state index in [0.717, 1.165) is 37.6 Å². The third-order valence-corrected chi connectivity index (χ3v) is 8.49. The third kappa shape index (κ3) is 5.74. The maximum absolute atomic E-state index is 14.5. The Bertz CT molecular complexity index is 1560. The van der Waals surface area contributed by atoms with Gasteiger partial charge in [-0.1, -0.05) is 20.8 Å². The molecule has 7 nitrogen and oxygen atoms in total. The molecule has 217 valence electrons. The van der Waals surface area contributed by atoms with E-state index in [-0.39, 0.29) is 11.2 Å². The number of ether oxygens (including phenoxy) is 5. The Morgan fingerprint density at radius 3 is 1.90 bits per heavy atom.